The molecule has 0 aliphatic rings. The number of hydrogen-bond donors (Lipinski definition) is 1. The number of nitrogens with one attached hydrogen (secondary N) is 1. The van der Waals surface area contributed by atoms with Crippen molar-refractivity contribution in [3.8, 4) is 5.75 Å². The predicted molar refractivity (Wildman–Crippen MR) is 93.1 cm³/mol. The van der Waals surface area contributed by atoms with E-state index in [1.807, 2.05) is 6.92 Å². The lowest BCUT2D eigenvalue weighted by Gasteiger charge is -2.12. The van der Waals surface area contributed by atoms with Crippen LogP contribution in [0.5, 0.6) is 5.75 Å². The highest BCUT2D eigenvalue weighted by Crippen LogP contribution is 2.25. The maximum atomic E-state index is 12.5. The van der Waals surface area contributed by atoms with Gasteiger partial charge in [-0.3, -0.25) is 4.79 Å². The number of aryl methyl sites for hydroxylation is 1. The Bertz CT molecular complexity index is 774. The summed E-state index contributed by atoms with van der Waals surface area (Å²) in [4.78, 5) is 24.4. The average molecular weight is 348 g/mol. The fraction of sp³-hybridized carbons (Fsp3) is 0.222. The Hall–Kier alpha value is -2.53. The van der Waals surface area contributed by atoms with Crippen LogP contribution in [-0.4, -0.2) is 25.6 Å². The topological polar surface area (TPSA) is 64.6 Å². The third-order valence-electron chi connectivity index (χ3n) is 3.40. The zero-order valence-electron chi connectivity index (χ0n) is 13.7. The second-order valence-electron chi connectivity index (χ2n) is 5.05. The molecule has 0 saturated heterocycles. The smallest absolute Gasteiger partial charge is 0.338 e. The maximum Gasteiger partial charge on any atom is 0.338 e. The first-order chi connectivity index (χ1) is 11.5. The van der Waals surface area contributed by atoms with E-state index in [1.54, 1.807) is 37.3 Å². The highest BCUT2D eigenvalue weighted by Gasteiger charge is 2.15. The second-order valence-corrected chi connectivity index (χ2v) is 5.49. The van der Waals surface area contributed by atoms with Crippen LogP contribution >= 0.6 is 11.6 Å². The highest BCUT2D eigenvalue weighted by atomic mass is 35.5. The molecule has 0 saturated carbocycles. The molecule has 24 heavy (non-hydrogen) atoms. The first-order valence-corrected chi connectivity index (χ1v) is 7.76. The summed E-state index contributed by atoms with van der Waals surface area (Å²) in [6.07, 6.45) is 0. The van der Waals surface area contributed by atoms with Crippen LogP contribution in [0.25, 0.3) is 0 Å². The molecule has 0 heterocycles. The molecular formula is C18H18ClNO4. The van der Waals surface area contributed by atoms with Crippen LogP contribution in [0.15, 0.2) is 36.4 Å². The number of ether oxygens (including phenoxy) is 2. The minimum absolute atomic E-state index is 0.286. The molecule has 0 aliphatic heterocycles. The number of carbonyl (C=O) groups is 2. The highest BCUT2D eigenvalue weighted by molar-refractivity contribution is 6.31. The molecule has 2 aromatic rings. The molecule has 0 radical (unpaired) electrons. The van der Waals surface area contributed by atoms with Crippen LogP contribution in [0, 0.1) is 6.92 Å². The van der Waals surface area contributed by atoms with Gasteiger partial charge >= 0.3 is 5.97 Å². The molecule has 2 rings (SSSR count). The van der Waals surface area contributed by atoms with Crippen LogP contribution in [0.4, 0.5) is 5.69 Å². The van der Waals surface area contributed by atoms with Gasteiger partial charge in [0, 0.05) is 10.7 Å². The van der Waals surface area contributed by atoms with E-state index in [2.05, 4.69) is 5.32 Å². The third-order valence-corrected chi connectivity index (χ3v) is 3.64. The van der Waals surface area contributed by atoms with Gasteiger partial charge in [-0.1, -0.05) is 17.7 Å². The molecule has 0 unspecified atom stereocenters. The molecule has 0 fully saturated rings. The minimum Gasteiger partial charge on any atom is -0.496 e. The van der Waals surface area contributed by atoms with Gasteiger partial charge in [0.15, 0.2) is 0 Å². The van der Waals surface area contributed by atoms with E-state index in [1.165, 1.54) is 13.2 Å². The summed E-state index contributed by atoms with van der Waals surface area (Å²) in [6, 6.07) is 9.78. The summed E-state index contributed by atoms with van der Waals surface area (Å²) < 4.78 is 10.2. The second kappa shape index (κ2) is 7.84. The van der Waals surface area contributed by atoms with Gasteiger partial charge in [0.05, 0.1) is 24.8 Å². The summed E-state index contributed by atoms with van der Waals surface area (Å²) in [7, 11) is 1.48. The number of halogens is 1. The fourth-order valence-corrected chi connectivity index (χ4v) is 2.32. The number of methoxy groups -OCH3 is 1. The van der Waals surface area contributed by atoms with Crippen molar-refractivity contribution in [2.45, 2.75) is 13.8 Å². The predicted octanol–water partition coefficient (Wildman–Crippen LogP) is 4.09. The van der Waals surface area contributed by atoms with Gasteiger partial charge in [0.1, 0.15) is 5.75 Å². The molecule has 2 aromatic carbocycles. The number of anilines is 1. The van der Waals surface area contributed by atoms with Crippen molar-refractivity contribution >= 4 is 29.2 Å². The average Bonchev–Trinajstić information content (AvgIpc) is 2.56. The Morgan fingerprint density at radius 3 is 2.58 bits per heavy atom. The molecule has 126 valence electrons. The molecule has 5 nitrogen and oxygen atoms in total. The van der Waals surface area contributed by atoms with E-state index in [9.17, 15) is 9.59 Å². The molecule has 0 spiro atoms. The van der Waals surface area contributed by atoms with Crippen LogP contribution in [0.2, 0.25) is 5.02 Å². The van der Waals surface area contributed by atoms with E-state index >= 15 is 0 Å². The standard InChI is InChI=1S/C18H18ClNO4/c1-4-24-18(22)12-6-5-11(2)15(9-12)20-17(21)14-10-13(19)7-8-16(14)23-3/h5-10H,4H2,1-3H3,(H,20,21). The van der Waals surface area contributed by atoms with Gasteiger partial charge in [-0.05, 0) is 49.7 Å². The summed E-state index contributed by atoms with van der Waals surface area (Å²) >= 11 is 5.96. The van der Waals surface area contributed by atoms with Crippen molar-refractivity contribution in [1.29, 1.82) is 0 Å². The number of rotatable bonds is 5. The van der Waals surface area contributed by atoms with Crippen LogP contribution in [0.1, 0.15) is 33.2 Å². The van der Waals surface area contributed by atoms with Crippen molar-refractivity contribution in [3.05, 3.63) is 58.1 Å². The molecule has 1 amide bonds. The lowest BCUT2D eigenvalue weighted by Crippen LogP contribution is -2.15. The van der Waals surface area contributed by atoms with Gasteiger partial charge in [-0.2, -0.15) is 0 Å². The van der Waals surface area contributed by atoms with Crippen molar-refractivity contribution < 1.29 is 19.1 Å². The molecular weight excluding hydrogens is 330 g/mol. The SMILES string of the molecule is CCOC(=O)c1ccc(C)c(NC(=O)c2cc(Cl)ccc2OC)c1. The zero-order chi connectivity index (χ0) is 17.7. The molecule has 0 bridgehead atoms. The van der Waals surface area contributed by atoms with Gasteiger partial charge in [0.25, 0.3) is 5.91 Å². The Balaban J connectivity index is 2.30. The van der Waals surface area contributed by atoms with Gasteiger partial charge in [-0.25, -0.2) is 4.79 Å². The Morgan fingerprint density at radius 2 is 1.92 bits per heavy atom. The summed E-state index contributed by atoms with van der Waals surface area (Å²) in [6.45, 7) is 3.86. The lowest BCUT2D eigenvalue weighted by atomic mass is 10.1. The summed E-state index contributed by atoms with van der Waals surface area (Å²) in [5.74, 6) is -0.400. The zero-order valence-corrected chi connectivity index (χ0v) is 14.4. The summed E-state index contributed by atoms with van der Waals surface area (Å²) in [5, 5.41) is 3.21. The number of amides is 1. The largest absolute Gasteiger partial charge is 0.496 e. The quantitative estimate of drug-likeness (QED) is 0.827. The maximum absolute atomic E-state index is 12.5. The molecule has 6 heteroatoms. The number of esters is 1. The van der Waals surface area contributed by atoms with Gasteiger partial charge < -0.3 is 14.8 Å². The number of benzene rings is 2. The van der Waals surface area contributed by atoms with Crippen LogP contribution < -0.4 is 10.1 Å². The Morgan fingerprint density at radius 1 is 1.17 bits per heavy atom. The Labute approximate surface area is 145 Å². The first kappa shape index (κ1) is 17.8. The van der Waals surface area contributed by atoms with Crippen molar-refractivity contribution in [2.75, 3.05) is 19.0 Å². The monoisotopic (exact) mass is 347 g/mol. The van der Waals surface area contributed by atoms with E-state index in [4.69, 9.17) is 21.1 Å². The minimum atomic E-state index is -0.437. The molecule has 0 aliphatic carbocycles. The van der Waals surface area contributed by atoms with E-state index in [0.29, 0.717) is 27.6 Å². The summed E-state index contributed by atoms with van der Waals surface area (Å²) in [5.41, 5.74) is 2.02. The molecule has 0 aromatic heterocycles. The van der Waals surface area contributed by atoms with Crippen molar-refractivity contribution in [1.82, 2.24) is 0 Å². The van der Waals surface area contributed by atoms with E-state index in [-0.39, 0.29) is 12.5 Å². The van der Waals surface area contributed by atoms with Crippen molar-refractivity contribution in [3.63, 3.8) is 0 Å². The number of carbonyl (C=O) groups excluding carboxylic acids is 2. The normalized spacial score (nSPS) is 10.2. The third kappa shape index (κ3) is 4.06. The van der Waals surface area contributed by atoms with Crippen LogP contribution in [0.3, 0.4) is 0 Å². The van der Waals surface area contributed by atoms with Gasteiger partial charge in [-0.15, -0.1) is 0 Å². The van der Waals surface area contributed by atoms with E-state index in [0.717, 1.165) is 5.56 Å². The molecule has 1 N–H and O–H groups in total. The molecule has 0 atom stereocenters. The van der Waals surface area contributed by atoms with Crippen molar-refractivity contribution in [2.24, 2.45) is 0 Å². The number of hydrogen-bond acceptors (Lipinski definition) is 4. The fourth-order valence-electron chi connectivity index (χ4n) is 2.15. The Kier molecular flexibility index (Phi) is 5.82. The first-order valence-electron chi connectivity index (χ1n) is 7.39. The lowest BCUT2D eigenvalue weighted by molar-refractivity contribution is 0.0526. The van der Waals surface area contributed by atoms with Crippen LogP contribution in [-0.2, 0) is 4.74 Å². The van der Waals surface area contributed by atoms with E-state index < -0.39 is 5.97 Å². The van der Waals surface area contributed by atoms with Gasteiger partial charge in [0.2, 0.25) is 0 Å².